The molecule has 0 saturated heterocycles. The Morgan fingerprint density at radius 1 is 0.969 bits per heavy atom. The number of aryl methyl sites for hydroxylation is 3. The van der Waals surface area contributed by atoms with Gasteiger partial charge in [-0.2, -0.15) is 5.10 Å². The first-order valence-corrected chi connectivity index (χ1v) is 10.9. The van der Waals surface area contributed by atoms with E-state index in [0.29, 0.717) is 6.61 Å². The van der Waals surface area contributed by atoms with Crippen LogP contribution in [0.25, 0.3) is 16.5 Å². The Labute approximate surface area is 189 Å². The molecule has 0 spiro atoms. The molecule has 1 unspecified atom stereocenters. The molecule has 2 aromatic heterocycles. The molecule has 0 bridgehead atoms. The third-order valence-corrected chi connectivity index (χ3v) is 5.90. The number of methoxy groups -OCH3 is 1. The molecule has 6 heteroatoms. The minimum Gasteiger partial charge on any atom is -0.494 e. The second kappa shape index (κ2) is 8.91. The summed E-state index contributed by atoms with van der Waals surface area (Å²) in [4.78, 5) is 0. The van der Waals surface area contributed by atoms with Gasteiger partial charge < -0.3 is 19.4 Å². The fourth-order valence-electron chi connectivity index (χ4n) is 4.39. The predicted octanol–water partition coefficient (Wildman–Crippen LogP) is 5.93. The Balaban J connectivity index is 1.86. The highest BCUT2D eigenvalue weighted by Gasteiger charge is 2.22. The lowest BCUT2D eigenvalue weighted by Gasteiger charge is -2.16. The standard InChI is InChI=1S/C26H30N4O2/c1-7-32-21-13-14-22(23(15-21)31-6)30-18(4)24-17(3)28-29-26(25(24)19(30)5)27-16(2)20-11-9-8-10-12-20/h8-16H,7H2,1-6H3,(H,27,29). The summed E-state index contributed by atoms with van der Waals surface area (Å²) in [6, 6.07) is 16.4. The number of hydrogen-bond acceptors (Lipinski definition) is 5. The van der Waals surface area contributed by atoms with Gasteiger partial charge in [0, 0.05) is 28.2 Å². The number of hydrogen-bond donors (Lipinski definition) is 1. The molecule has 4 rings (SSSR count). The number of fused-ring (bicyclic) bond motifs is 1. The highest BCUT2D eigenvalue weighted by Crippen LogP contribution is 2.38. The second-order valence-electron chi connectivity index (χ2n) is 7.93. The van der Waals surface area contributed by atoms with Gasteiger partial charge in [0.05, 0.1) is 31.1 Å². The first-order valence-electron chi connectivity index (χ1n) is 10.9. The highest BCUT2D eigenvalue weighted by molar-refractivity contribution is 5.98. The Bertz CT molecular complexity index is 1250. The Kier molecular flexibility index (Phi) is 6.04. The molecule has 6 nitrogen and oxygen atoms in total. The minimum atomic E-state index is 0.0967. The van der Waals surface area contributed by atoms with Crippen LogP contribution >= 0.6 is 0 Å². The molecule has 1 atom stereocenters. The monoisotopic (exact) mass is 430 g/mol. The predicted molar refractivity (Wildman–Crippen MR) is 129 cm³/mol. The zero-order chi connectivity index (χ0) is 22.8. The van der Waals surface area contributed by atoms with Crippen LogP contribution in [0, 0.1) is 20.8 Å². The average Bonchev–Trinajstić information content (AvgIpc) is 3.07. The zero-order valence-corrected chi connectivity index (χ0v) is 19.6. The molecule has 0 fully saturated rings. The molecular formula is C26H30N4O2. The van der Waals surface area contributed by atoms with E-state index < -0.39 is 0 Å². The van der Waals surface area contributed by atoms with Crippen LogP contribution < -0.4 is 14.8 Å². The van der Waals surface area contributed by atoms with Gasteiger partial charge in [-0.25, -0.2) is 0 Å². The van der Waals surface area contributed by atoms with Crippen LogP contribution in [0.15, 0.2) is 48.5 Å². The van der Waals surface area contributed by atoms with Gasteiger partial charge in [0.2, 0.25) is 0 Å². The van der Waals surface area contributed by atoms with E-state index in [2.05, 4.69) is 53.0 Å². The summed E-state index contributed by atoms with van der Waals surface area (Å²) in [6.45, 7) is 11.0. The number of nitrogens with one attached hydrogen (secondary N) is 1. The van der Waals surface area contributed by atoms with Crippen LogP contribution in [-0.2, 0) is 0 Å². The van der Waals surface area contributed by atoms with Crippen LogP contribution in [0.3, 0.4) is 0 Å². The van der Waals surface area contributed by atoms with E-state index in [1.807, 2.05) is 50.2 Å². The maximum Gasteiger partial charge on any atom is 0.158 e. The van der Waals surface area contributed by atoms with E-state index in [0.717, 1.165) is 50.9 Å². The number of nitrogens with zero attached hydrogens (tertiary/aromatic N) is 3. The van der Waals surface area contributed by atoms with E-state index in [9.17, 15) is 0 Å². The highest BCUT2D eigenvalue weighted by atomic mass is 16.5. The van der Waals surface area contributed by atoms with Gasteiger partial charge in [0.25, 0.3) is 0 Å². The van der Waals surface area contributed by atoms with Crippen molar-refractivity contribution in [1.29, 1.82) is 0 Å². The molecule has 32 heavy (non-hydrogen) atoms. The number of rotatable bonds is 7. The van der Waals surface area contributed by atoms with Crippen molar-refractivity contribution in [1.82, 2.24) is 14.8 Å². The summed E-state index contributed by atoms with van der Waals surface area (Å²) in [6.07, 6.45) is 0. The molecule has 0 radical (unpaired) electrons. The SMILES string of the molecule is CCOc1ccc(-n2c(C)c3c(C)nnc(NC(C)c4ccccc4)c3c2C)c(OC)c1. The molecule has 166 valence electrons. The molecule has 0 aliphatic rings. The maximum absolute atomic E-state index is 5.73. The summed E-state index contributed by atoms with van der Waals surface area (Å²) in [7, 11) is 1.69. The number of ether oxygens (including phenoxy) is 2. The van der Waals surface area contributed by atoms with Gasteiger partial charge in [-0.15, -0.1) is 5.10 Å². The van der Waals surface area contributed by atoms with E-state index in [1.54, 1.807) is 7.11 Å². The van der Waals surface area contributed by atoms with Gasteiger partial charge in [0.1, 0.15) is 11.5 Å². The summed E-state index contributed by atoms with van der Waals surface area (Å²) >= 11 is 0. The van der Waals surface area contributed by atoms with Crippen molar-refractivity contribution in [2.75, 3.05) is 19.0 Å². The van der Waals surface area contributed by atoms with Crippen LogP contribution in [0.1, 0.15) is 42.5 Å². The number of benzene rings is 2. The fraction of sp³-hybridized carbons (Fsp3) is 0.308. The van der Waals surface area contributed by atoms with Gasteiger partial charge in [-0.3, -0.25) is 0 Å². The van der Waals surface area contributed by atoms with Crippen molar-refractivity contribution in [2.24, 2.45) is 0 Å². The van der Waals surface area contributed by atoms with Crippen molar-refractivity contribution >= 4 is 16.6 Å². The summed E-state index contributed by atoms with van der Waals surface area (Å²) in [5.74, 6) is 2.33. The van der Waals surface area contributed by atoms with Crippen LogP contribution in [0.4, 0.5) is 5.82 Å². The molecule has 4 aromatic rings. The molecule has 0 amide bonds. The summed E-state index contributed by atoms with van der Waals surface area (Å²) in [5, 5.41) is 14.8. The van der Waals surface area contributed by atoms with Crippen molar-refractivity contribution in [3.63, 3.8) is 0 Å². The topological polar surface area (TPSA) is 61.2 Å². The minimum absolute atomic E-state index is 0.0967. The normalized spacial score (nSPS) is 12.1. The second-order valence-corrected chi connectivity index (χ2v) is 7.93. The molecule has 2 aromatic carbocycles. The van der Waals surface area contributed by atoms with Crippen molar-refractivity contribution in [3.8, 4) is 17.2 Å². The lowest BCUT2D eigenvalue weighted by Crippen LogP contribution is -2.09. The van der Waals surface area contributed by atoms with Gasteiger partial charge in [-0.05, 0) is 52.3 Å². The van der Waals surface area contributed by atoms with E-state index >= 15 is 0 Å². The molecule has 0 aliphatic heterocycles. The fourth-order valence-corrected chi connectivity index (χ4v) is 4.39. The summed E-state index contributed by atoms with van der Waals surface area (Å²) < 4.78 is 13.6. The quantitative estimate of drug-likeness (QED) is 0.394. The van der Waals surface area contributed by atoms with Crippen molar-refractivity contribution < 1.29 is 9.47 Å². The average molecular weight is 431 g/mol. The third-order valence-electron chi connectivity index (χ3n) is 5.90. The third kappa shape index (κ3) is 3.77. The molecule has 0 aliphatic carbocycles. The Morgan fingerprint density at radius 2 is 1.69 bits per heavy atom. The lowest BCUT2D eigenvalue weighted by molar-refractivity contribution is 0.336. The summed E-state index contributed by atoms with van der Waals surface area (Å²) in [5.41, 5.74) is 5.25. The van der Waals surface area contributed by atoms with Gasteiger partial charge >= 0.3 is 0 Å². The molecule has 2 heterocycles. The first-order chi connectivity index (χ1) is 15.5. The first kappa shape index (κ1) is 21.7. The Morgan fingerprint density at radius 3 is 2.38 bits per heavy atom. The zero-order valence-electron chi connectivity index (χ0n) is 19.6. The molecular weight excluding hydrogens is 400 g/mol. The van der Waals surface area contributed by atoms with Crippen LogP contribution in [0.2, 0.25) is 0 Å². The number of aromatic nitrogens is 3. The maximum atomic E-state index is 5.73. The van der Waals surface area contributed by atoms with Gasteiger partial charge in [-0.1, -0.05) is 30.3 Å². The van der Waals surface area contributed by atoms with Crippen molar-refractivity contribution in [3.05, 3.63) is 71.2 Å². The van der Waals surface area contributed by atoms with Crippen LogP contribution in [0.5, 0.6) is 11.5 Å². The molecule has 0 saturated carbocycles. The van der Waals surface area contributed by atoms with E-state index in [1.165, 1.54) is 5.56 Å². The smallest absolute Gasteiger partial charge is 0.158 e. The Hall–Kier alpha value is -3.54. The largest absolute Gasteiger partial charge is 0.494 e. The van der Waals surface area contributed by atoms with E-state index in [4.69, 9.17) is 9.47 Å². The lowest BCUT2D eigenvalue weighted by atomic mass is 10.1. The van der Waals surface area contributed by atoms with Crippen LogP contribution in [-0.4, -0.2) is 28.5 Å². The van der Waals surface area contributed by atoms with Crippen molar-refractivity contribution in [2.45, 2.75) is 40.7 Å². The number of anilines is 1. The van der Waals surface area contributed by atoms with Gasteiger partial charge in [0.15, 0.2) is 5.82 Å². The molecule has 1 N–H and O–H groups in total. The van der Waals surface area contributed by atoms with E-state index in [-0.39, 0.29) is 6.04 Å².